The second-order valence-corrected chi connectivity index (χ2v) is 5.91. The molecule has 106 valence electrons. The van der Waals surface area contributed by atoms with Gasteiger partial charge in [-0.25, -0.2) is 0 Å². The second kappa shape index (κ2) is 9.55. The molecule has 1 rings (SSSR count). The quantitative estimate of drug-likeness (QED) is 0.674. The molecule has 0 amide bonds. The van der Waals surface area contributed by atoms with E-state index in [0.717, 1.165) is 38.1 Å². The summed E-state index contributed by atoms with van der Waals surface area (Å²) >= 11 is 0. The Hall–Kier alpha value is -0.370. The Kier molecular flexibility index (Phi) is 8.32. The number of hydrogen-bond donors (Lipinski definition) is 1. The molecule has 0 aliphatic carbocycles. The van der Waals surface area contributed by atoms with Gasteiger partial charge in [-0.3, -0.25) is 4.79 Å². The number of carbonyl (C=O) groups is 1. The third kappa shape index (κ3) is 6.53. The molecule has 1 aliphatic rings. The van der Waals surface area contributed by atoms with Gasteiger partial charge in [0.05, 0.1) is 0 Å². The minimum atomic E-state index is 0.503. The summed E-state index contributed by atoms with van der Waals surface area (Å²) in [4.78, 5) is 12.0. The van der Waals surface area contributed by atoms with Crippen LogP contribution >= 0.6 is 0 Å². The summed E-state index contributed by atoms with van der Waals surface area (Å²) in [6.07, 6.45) is 10.3. The largest absolute Gasteiger partial charge is 0.316 e. The van der Waals surface area contributed by atoms with Crippen LogP contribution in [0.3, 0.4) is 0 Å². The molecular weight excluding hydrogens is 222 g/mol. The number of hydrogen-bond acceptors (Lipinski definition) is 2. The van der Waals surface area contributed by atoms with Gasteiger partial charge in [0.1, 0.15) is 5.78 Å². The fourth-order valence-corrected chi connectivity index (χ4v) is 2.90. The number of rotatable bonds is 9. The van der Waals surface area contributed by atoms with Crippen molar-refractivity contribution in [3.05, 3.63) is 0 Å². The average Bonchev–Trinajstić information content (AvgIpc) is 2.42. The summed E-state index contributed by atoms with van der Waals surface area (Å²) in [5.74, 6) is 1.89. The third-order valence-corrected chi connectivity index (χ3v) is 4.29. The zero-order valence-electron chi connectivity index (χ0n) is 12.3. The highest BCUT2D eigenvalue weighted by molar-refractivity contribution is 5.78. The van der Waals surface area contributed by atoms with Crippen molar-refractivity contribution < 1.29 is 4.79 Å². The molecule has 1 saturated heterocycles. The Bertz CT molecular complexity index is 221. The van der Waals surface area contributed by atoms with Gasteiger partial charge in [0.15, 0.2) is 0 Å². The van der Waals surface area contributed by atoms with E-state index in [1.165, 1.54) is 38.6 Å². The van der Waals surface area contributed by atoms with Crippen molar-refractivity contribution in [1.29, 1.82) is 0 Å². The fraction of sp³-hybridized carbons (Fsp3) is 0.938. The molecule has 2 heteroatoms. The first kappa shape index (κ1) is 15.7. The van der Waals surface area contributed by atoms with Crippen LogP contribution in [0.1, 0.15) is 71.6 Å². The zero-order valence-corrected chi connectivity index (χ0v) is 12.3. The second-order valence-electron chi connectivity index (χ2n) is 5.91. The maximum Gasteiger partial charge on any atom is 0.133 e. The van der Waals surface area contributed by atoms with Crippen LogP contribution in [0.25, 0.3) is 0 Å². The summed E-state index contributed by atoms with van der Waals surface area (Å²) in [5.41, 5.74) is 0. The average molecular weight is 253 g/mol. The molecule has 2 unspecified atom stereocenters. The lowest BCUT2D eigenvalue weighted by Crippen LogP contribution is -2.30. The Morgan fingerprint density at radius 1 is 1.39 bits per heavy atom. The molecule has 18 heavy (non-hydrogen) atoms. The first-order valence-electron chi connectivity index (χ1n) is 7.98. The van der Waals surface area contributed by atoms with Gasteiger partial charge < -0.3 is 5.32 Å². The van der Waals surface area contributed by atoms with Crippen molar-refractivity contribution in [3.8, 4) is 0 Å². The van der Waals surface area contributed by atoms with Crippen molar-refractivity contribution in [1.82, 2.24) is 5.32 Å². The highest BCUT2D eigenvalue weighted by Crippen LogP contribution is 2.21. The van der Waals surface area contributed by atoms with Crippen LogP contribution in [-0.2, 0) is 4.79 Å². The van der Waals surface area contributed by atoms with Crippen molar-refractivity contribution in [2.45, 2.75) is 71.6 Å². The molecule has 0 spiro atoms. The van der Waals surface area contributed by atoms with Gasteiger partial charge in [-0.2, -0.15) is 0 Å². The summed E-state index contributed by atoms with van der Waals surface area (Å²) in [6, 6.07) is 0. The monoisotopic (exact) mass is 253 g/mol. The third-order valence-electron chi connectivity index (χ3n) is 4.29. The van der Waals surface area contributed by atoms with E-state index in [0.29, 0.717) is 11.7 Å². The van der Waals surface area contributed by atoms with Crippen molar-refractivity contribution >= 4 is 5.78 Å². The first-order valence-corrected chi connectivity index (χ1v) is 7.98. The predicted molar refractivity (Wildman–Crippen MR) is 77.8 cm³/mol. The van der Waals surface area contributed by atoms with Gasteiger partial charge in [-0.05, 0) is 44.2 Å². The standard InChI is InChI=1S/C16H31NO/c1-3-5-7-14(4-2)12-16(18)10-9-15-8-6-11-17-13-15/h14-15,17H,3-13H2,1-2H3. The van der Waals surface area contributed by atoms with Crippen molar-refractivity contribution in [3.63, 3.8) is 0 Å². The number of carbonyl (C=O) groups excluding carboxylic acids is 1. The molecule has 1 N–H and O–H groups in total. The number of ketones is 1. The van der Waals surface area contributed by atoms with E-state index in [-0.39, 0.29) is 0 Å². The zero-order chi connectivity index (χ0) is 13.2. The summed E-state index contributed by atoms with van der Waals surface area (Å²) in [5, 5.41) is 3.43. The molecule has 0 radical (unpaired) electrons. The highest BCUT2D eigenvalue weighted by Gasteiger charge is 2.16. The number of nitrogens with one attached hydrogen (secondary N) is 1. The Balaban J connectivity index is 2.14. The molecule has 0 aromatic heterocycles. The molecule has 1 fully saturated rings. The van der Waals surface area contributed by atoms with E-state index in [2.05, 4.69) is 19.2 Å². The summed E-state index contributed by atoms with van der Waals surface area (Å²) in [6.45, 7) is 6.74. The summed E-state index contributed by atoms with van der Waals surface area (Å²) < 4.78 is 0. The van der Waals surface area contributed by atoms with E-state index in [1.54, 1.807) is 0 Å². The maximum absolute atomic E-state index is 12.0. The van der Waals surface area contributed by atoms with E-state index < -0.39 is 0 Å². The van der Waals surface area contributed by atoms with Crippen LogP contribution < -0.4 is 5.32 Å². The Morgan fingerprint density at radius 2 is 2.22 bits per heavy atom. The molecule has 0 bridgehead atoms. The molecule has 0 saturated carbocycles. The number of unbranched alkanes of at least 4 members (excludes halogenated alkanes) is 1. The number of piperidine rings is 1. The van der Waals surface area contributed by atoms with Crippen LogP contribution in [0.2, 0.25) is 0 Å². The van der Waals surface area contributed by atoms with E-state index in [9.17, 15) is 4.79 Å². The van der Waals surface area contributed by atoms with Crippen molar-refractivity contribution in [2.24, 2.45) is 11.8 Å². The number of Topliss-reactive ketones (excluding diaryl/α,β-unsaturated/α-hetero) is 1. The Labute approximate surface area is 113 Å². The lowest BCUT2D eigenvalue weighted by Gasteiger charge is -2.22. The van der Waals surface area contributed by atoms with Gasteiger partial charge in [-0.1, -0.05) is 39.5 Å². The molecule has 0 aromatic rings. The van der Waals surface area contributed by atoms with E-state index in [1.807, 2.05) is 0 Å². The maximum atomic E-state index is 12.0. The van der Waals surface area contributed by atoms with E-state index in [4.69, 9.17) is 0 Å². The smallest absolute Gasteiger partial charge is 0.133 e. The van der Waals surface area contributed by atoms with Crippen LogP contribution in [0.15, 0.2) is 0 Å². The van der Waals surface area contributed by atoms with Crippen LogP contribution in [0.5, 0.6) is 0 Å². The minimum absolute atomic E-state index is 0.503. The van der Waals surface area contributed by atoms with Gasteiger partial charge in [0.2, 0.25) is 0 Å². The summed E-state index contributed by atoms with van der Waals surface area (Å²) in [7, 11) is 0. The Morgan fingerprint density at radius 3 is 2.83 bits per heavy atom. The van der Waals surface area contributed by atoms with Crippen molar-refractivity contribution in [2.75, 3.05) is 13.1 Å². The topological polar surface area (TPSA) is 29.1 Å². The van der Waals surface area contributed by atoms with Crippen LogP contribution in [0.4, 0.5) is 0 Å². The highest BCUT2D eigenvalue weighted by atomic mass is 16.1. The van der Waals surface area contributed by atoms with Gasteiger partial charge in [-0.15, -0.1) is 0 Å². The SMILES string of the molecule is CCCCC(CC)CC(=O)CCC1CCCNC1. The normalized spacial score (nSPS) is 21.8. The molecule has 1 heterocycles. The minimum Gasteiger partial charge on any atom is -0.316 e. The molecule has 1 aliphatic heterocycles. The lowest BCUT2D eigenvalue weighted by molar-refractivity contribution is -0.120. The molecular formula is C16H31NO. The fourth-order valence-electron chi connectivity index (χ4n) is 2.90. The van der Waals surface area contributed by atoms with Crippen LogP contribution in [0, 0.1) is 11.8 Å². The lowest BCUT2D eigenvalue weighted by atomic mass is 9.89. The molecule has 2 nitrogen and oxygen atoms in total. The first-order chi connectivity index (χ1) is 8.76. The van der Waals surface area contributed by atoms with E-state index >= 15 is 0 Å². The van der Waals surface area contributed by atoms with Gasteiger partial charge >= 0.3 is 0 Å². The van der Waals surface area contributed by atoms with Gasteiger partial charge in [0, 0.05) is 12.8 Å². The molecule has 2 atom stereocenters. The van der Waals surface area contributed by atoms with Crippen LogP contribution in [-0.4, -0.2) is 18.9 Å². The predicted octanol–water partition coefficient (Wildman–Crippen LogP) is 3.94. The van der Waals surface area contributed by atoms with Gasteiger partial charge in [0.25, 0.3) is 0 Å². The molecule has 0 aromatic carbocycles.